The predicted octanol–water partition coefficient (Wildman–Crippen LogP) is 2.99. The van der Waals surface area contributed by atoms with E-state index in [1.165, 1.54) is 29.5 Å². The Labute approximate surface area is 104 Å². The van der Waals surface area contributed by atoms with Gasteiger partial charge >= 0.3 is 0 Å². The summed E-state index contributed by atoms with van der Waals surface area (Å²) in [6, 6.07) is 7.24. The van der Waals surface area contributed by atoms with E-state index in [-0.39, 0.29) is 0 Å². The molecule has 1 aliphatic rings. The minimum atomic E-state index is 0.472. The molecule has 0 amide bonds. The lowest BCUT2D eigenvalue weighted by Gasteiger charge is -2.31. The van der Waals surface area contributed by atoms with Crippen LogP contribution in [0.25, 0.3) is 0 Å². The van der Waals surface area contributed by atoms with Gasteiger partial charge in [0, 0.05) is 19.3 Å². The van der Waals surface area contributed by atoms with Crippen molar-refractivity contribution in [1.29, 1.82) is 0 Å². The smallest absolute Gasteiger partial charge is 0.0469 e. The monoisotopic (exact) mass is 233 g/mol. The van der Waals surface area contributed by atoms with Gasteiger partial charge < -0.3 is 10.1 Å². The lowest BCUT2D eigenvalue weighted by molar-refractivity contribution is 0.0545. The number of hydrogen-bond acceptors (Lipinski definition) is 2. The molecule has 17 heavy (non-hydrogen) atoms. The van der Waals surface area contributed by atoms with Crippen LogP contribution in [0.15, 0.2) is 18.2 Å². The maximum absolute atomic E-state index is 5.45. The standard InChI is InChI=1S/C15H23NO/c1-11-4-5-14(12(2)10-11)15(16-3)13-6-8-17-9-7-13/h4-5,10,13,15-16H,6-9H2,1-3H3. The number of aryl methyl sites for hydroxylation is 2. The zero-order valence-electron chi connectivity index (χ0n) is 11.1. The van der Waals surface area contributed by atoms with Crippen LogP contribution in [-0.2, 0) is 4.74 Å². The average Bonchev–Trinajstić information content (AvgIpc) is 2.34. The van der Waals surface area contributed by atoms with E-state index in [4.69, 9.17) is 4.74 Å². The molecular weight excluding hydrogens is 210 g/mol. The van der Waals surface area contributed by atoms with Gasteiger partial charge in [-0.15, -0.1) is 0 Å². The van der Waals surface area contributed by atoms with E-state index in [1.807, 2.05) is 0 Å². The summed E-state index contributed by atoms with van der Waals surface area (Å²) in [5.74, 6) is 0.704. The highest BCUT2D eigenvalue weighted by atomic mass is 16.5. The first-order chi connectivity index (χ1) is 8.22. The Morgan fingerprint density at radius 1 is 1.24 bits per heavy atom. The van der Waals surface area contributed by atoms with Crippen molar-refractivity contribution in [3.05, 3.63) is 34.9 Å². The summed E-state index contributed by atoms with van der Waals surface area (Å²) in [6.45, 7) is 6.19. The molecule has 0 bridgehead atoms. The SMILES string of the molecule is CNC(c1ccc(C)cc1C)C1CCOCC1. The first-order valence-electron chi connectivity index (χ1n) is 6.54. The van der Waals surface area contributed by atoms with Crippen LogP contribution in [0.4, 0.5) is 0 Å². The molecule has 0 radical (unpaired) electrons. The molecule has 1 heterocycles. The van der Waals surface area contributed by atoms with Crippen LogP contribution in [0.5, 0.6) is 0 Å². The molecule has 1 N–H and O–H groups in total. The van der Waals surface area contributed by atoms with Gasteiger partial charge in [-0.05, 0) is 50.8 Å². The van der Waals surface area contributed by atoms with E-state index < -0.39 is 0 Å². The Kier molecular flexibility index (Phi) is 4.19. The van der Waals surface area contributed by atoms with Crippen molar-refractivity contribution in [3.63, 3.8) is 0 Å². The fraction of sp³-hybridized carbons (Fsp3) is 0.600. The third-order valence-electron chi connectivity index (χ3n) is 3.81. The van der Waals surface area contributed by atoms with E-state index in [2.05, 4.69) is 44.4 Å². The van der Waals surface area contributed by atoms with Crippen molar-refractivity contribution in [2.75, 3.05) is 20.3 Å². The Bertz CT molecular complexity index is 369. The number of nitrogens with one attached hydrogen (secondary N) is 1. The predicted molar refractivity (Wildman–Crippen MR) is 71.3 cm³/mol. The molecule has 2 nitrogen and oxygen atoms in total. The van der Waals surface area contributed by atoms with E-state index in [0.717, 1.165) is 13.2 Å². The zero-order chi connectivity index (χ0) is 12.3. The Morgan fingerprint density at radius 2 is 1.94 bits per heavy atom. The van der Waals surface area contributed by atoms with Crippen molar-refractivity contribution in [3.8, 4) is 0 Å². The second-order valence-corrected chi connectivity index (χ2v) is 5.08. The topological polar surface area (TPSA) is 21.3 Å². The largest absolute Gasteiger partial charge is 0.381 e. The maximum Gasteiger partial charge on any atom is 0.0469 e. The van der Waals surface area contributed by atoms with Gasteiger partial charge in [0.15, 0.2) is 0 Å². The van der Waals surface area contributed by atoms with Crippen LogP contribution in [0.1, 0.15) is 35.6 Å². The second kappa shape index (κ2) is 5.65. The van der Waals surface area contributed by atoms with Crippen LogP contribution < -0.4 is 5.32 Å². The maximum atomic E-state index is 5.45. The molecule has 2 heteroatoms. The molecule has 1 aromatic carbocycles. The van der Waals surface area contributed by atoms with Gasteiger partial charge in [0.2, 0.25) is 0 Å². The summed E-state index contributed by atoms with van der Waals surface area (Å²) in [6.07, 6.45) is 2.33. The van der Waals surface area contributed by atoms with Crippen molar-refractivity contribution in [1.82, 2.24) is 5.32 Å². The Morgan fingerprint density at radius 3 is 2.53 bits per heavy atom. The molecule has 1 saturated heterocycles. The third-order valence-corrected chi connectivity index (χ3v) is 3.81. The number of rotatable bonds is 3. The average molecular weight is 233 g/mol. The van der Waals surface area contributed by atoms with Gasteiger partial charge in [0.1, 0.15) is 0 Å². The van der Waals surface area contributed by atoms with Gasteiger partial charge in [-0.25, -0.2) is 0 Å². The molecular formula is C15H23NO. The number of hydrogen-bond donors (Lipinski definition) is 1. The summed E-state index contributed by atoms with van der Waals surface area (Å²) in [4.78, 5) is 0. The van der Waals surface area contributed by atoms with Crippen LogP contribution in [-0.4, -0.2) is 20.3 Å². The van der Waals surface area contributed by atoms with Crippen LogP contribution in [0.2, 0.25) is 0 Å². The molecule has 0 spiro atoms. The van der Waals surface area contributed by atoms with Crippen molar-refractivity contribution in [2.24, 2.45) is 5.92 Å². The Balaban J connectivity index is 2.21. The minimum absolute atomic E-state index is 0.472. The third kappa shape index (κ3) is 2.88. The van der Waals surface area contributed by atoms with Gasteiger partial charge in [-0.2, -0.15) is 0 Å². The zero-order valence-corrected chi connectivity index (χ0v) is 11.1. The molecule has 1 aliphatic heterocycles. The second-order valence-electron chi connectivity index (χ2n) is 5.08. The van der Waals surface area contributed by atoms with E-state index in [1.54, 1.807) is 0 Å². The van der Waals surface area contributed by atoms with E-state index >= 15 is 0 Å². The highest BCUT2D eigenvalue weighted by Gasteiger charge is 2.24. The lowest BCUT2D eigenvalue weighted by Crippen LogP contribution is -2.30. The molecule has 1 atom stereocenters. The van der Waals surface area contributed by atoms with Crippen molar-refractivity contribution in [2.45, 2.75) is 32.7 Å². The van der Waals surface area contributed by atoms with Crippen molar-refractivity contribution >= 4 is 0 Å². The van der Waals surface area contributed by atoms with Gasteiger partial charge in [-0.3, -0.25) is 0 Å². The fourth-order valence-electron chi connectivity index (χ4n) is 2.87. The summed E-state index contributed by atoms with van der Waals surface area (Å²) in [7, 11) is 2.07. The molecule has 94 valence electrons. The lowest BCUT2D eigenvalue weighted by atomic mass is 9.85. The van der Waals surface area contributed by atoms with Crippen LogP contribution >= 0.6 is 0 Å². The fourth-order valence-corrected chi connectivity index (χ4v) is 2.87. The summed E-state index contributed by atoms with van der Waals surface area (Å²) in [5, 5.41) is 3.49. The van der Waals surface area contributed by atoms with Gasteiger partial charge in [0.25, 0.3) is 0 Å². The highest BCUT2D eigenvalue weighted by Crippen LogP contribution is 2.31. The first-order valence-corrected chi connectivity index (χ1v) is 6.54. The van der Waals surface area contributed by atoms with Crippen LogP contribution in [0, 0.1) is 19.8 Å². The van der Waals surface area contributed by atoms with Gasteiger partial charge in [-0.1, -0.05) is 23.8 Å². The normalized spacial score (nSPS) is 19.2. The van der Waals surface area contributed by atoms with Crippen molar-refractivity contribution < 1.29 is 4.74 Å². The molecule has 0 aliphatic carbocycles. The number of ether oxygens (including phenoxy) is 1. The molecule has 1 unspecified atom stereocenters. The summed E-state index contributed by atoms with van der Waals surface area (Å²) in [5.41, 5.74) is 4.19. The number of benzene rings is 1. The molecule has 1 aromatic rings. The van der Waals surface area contributed by atoms with E-state index in [9.17, 15) is 0 Å². The molecule has 0 saturated carbocycles. The minimum Gasteiger partial charge on any atom is -0.381 e. The summed E-state index contributed by atoms with van der Waals surface area (Å²) < 4.78 is 5.45. The van der Waals surface area contributed by atoms with E-state index in [0.29, 0.717) is 12.0 Å². The van der Waals surface area contributed by atoms with Gasteiger partial charge in [0.05, 0.1) is 0 Å². The van der Waals surface area contributed by atoms with Crippen LogP contribution in [0.3, 0.4) is 0 Å². The molecule has 2 rings (SSSR count). The Hall–Kier alpha value is -0.860. The first kappa shape index (κ1) is 12.6. The summed E-state index contributed by atoms with van der Waals surface area (Å²) >= 11 is 0. The molecule has 0 aromatic heterocycles. The quantitative estimate of drug-likeness (QED) is 0.866. The highest BCUT2D eigenvalue weighted by molar-refractivity contribution is 5.33. The molecule has 1 fully saturated rings.